The van der Waals surface area contributed by atoms with E-state index in [1.807, 2.05) is 12.2 Å². The molecule has 2 aliphatic carbocycles. The summed E-state index contributed by atoms with van der Waals surface area (Å²) in [4.78, 5) is 11.9. The van der Waals surface area contributed by atoms with Crippen LogP contribution >= 0.6 is 0 Å². The summed E-state index contributed by atoms with van der Waals surface area (Å²) in [6, 6.07) is 8.48. The van der Waals surface area contributed by atoms with Crippen molar-refractivity contribution in [2.24, 2.45) is 17.8 Å². The van der Waals surface area contributed by atoms with Gasteiger partial charge in [-0.05, 0) is 56.1 Å². The van der Waals surface area contributed by atoms with Gasteiger partial charge in [-0.25, -0.2) is 8.42 Å². The molecule has 0 aromatic heterocycles. The maximum absolute atomic E-state index is 13.6. The van der Waals surface area contributed by atoms with Crippen molar-refractivity contribution in [2.75, 3.05) is 7.11 Å². The van der Waals surface area contributed by atoms with Crippen LogP contribution < -0.4 is 0 Å². The highest BCUT2D eigenvalue weighted by Crippen LogP contribution is 2.49. The Labute approximate surface area is 216 Å². The predicted octanol–water partition coefficient (Wildman–Crippen LogP) is 5.00. The van der Waals surface area contributed by atoms with Crippen LogP contribution in [0.1, 0.15) is 71.1 Å². The van der Waals surface area contributed by atoms with Crippen molar-refractivity contribution in [1.29, 1.82) is 0 Å². The first-order chi connectivity index (χ1) is 17.3. The average Bonchev–Trinajstić information content (AvgIpc) is 3.39. The maximum atomic E-state index is 13.6. The molecule has 1 aromatic carbocycles. The van der Waals surface area contributed by atoms with Crippen LogP contribution in [0.2, 0.25) is 0 Å². The van der Waals surface area contributed by atoms with Gasteiger partial charge in [-0.1, -0.05) is 74.6 Å². The molecule has 2 aliphatic rings. The molecule has 3 rings (SSSR count). The molecule has 200 valence electrons. The van der Waals surface area contributed by atoms with Crippen molar-refractivity contribution in [3.05, 3.63) is 54.1 Å². The van der Waals surface area contributed by atoms with Crippen LogP contribution in [-0.2, 0) is 19.4 Å². The molecule has 0 heterocycles. The Hall–Kier alpha value is -1.96. The minimum absolute atomic E-state index is 0.107. The van der Waals surface area contributed by atoms with Crippen molar-refractivity contribution in [3.63, 3.8) is 0 Å². The summed E-state index contributed by atoms with van der Waals surface area (Å²) >= 11 is 0. The Balaban J connectivity index is 1.73. The summed E-state index contributed by atoms with van der Waals surface area (Å²) in [6.45, 7) is 2.16. The lowest BCUT2D eigenvalue weighted by atomic mass is 9.88. The first-order valence-electron chi connectivity index (χ1n) is 13.4. The van der Waals surface area contributed by atoms with Crippen LogP contribution in [-0.4, -0.2) is 49.2 Å². The van der Waals surface area contributed by atoms with Gasteiger partial charge in [0, 0.05) is 12.3 Å². The van der Waals surface area contributed by atoms with Gasteiger partial charge in [-0.2, -0.15) is 0 Å². The van der Waals surface area contributed by atoms with Crippen molar-refractivity contribution < 1.29 is 28.2 Å². The number of esters is 1. The number of hydrogen-bond acceptors (Lipinski definition) is 6. The van der Waals surface area contributed by atoms with Gasteiger partial charge in [-0.15, -0.1) is 0 Å². The van der Waals surface area contributed by atoms with E-state index in [2.05, 4.69) is 13.0 Å². The van der Waals surface area contributed by atoms with Crippen LogP contribution in [0.15, 0.2) is 59.0 Å². The van der Waals surface area contributed by atoms with Crippen LogP contribution in [0.3, 0.4) is 0 Å². The number of hydrogen-bond donors (Lipinski definition) is 2. The number of sulfone groups is 1. The van der Waals surface area contributed by atoms with Gasteiger partial charge in [0.05, 0.1) is 29.5 Å². The molecular formula is C29H42O6S. The number of methoxy groups -OCH3 is 1. The second kappa shape index (κ2) is 13.5. The highest BCUT2D eigenvalue weighted by Gasteiger charge is 2.46. The van der Waals surface area contributed by atoms with Gasteiger partial charge < -0.3 is 14.9 Å². The number of ether oxygens (including phenoxy) is 1. The molecule has 6 nitrogen and oxygen atoms in total. The summed E-state index contributed by atoms with van der Waals surface area (Å²) < 4.78 is 32.0. The van der Waals surface area contributed by atoms with Crippen molar-refractivity contribution in [2.45, 2.75) is 93.5 Å². The summed E-state index contributed by atoms with van der Waals surface area (Å²) in [5.41, 5.74) is 0.879. The number of unbranched alkanes of at least 4 members (excludes halogenated alkanes) is 3. The minimum atomic E-state index is -3.63. The minimum Gasteiger partial charge on any atom is -0.469 e. The average molecular weight is 519 g/mol. The summed E-state index contributed by atoms with van der Waals surface area (Å²) in [5, 5.41) is 20.4. The molecule has 1 saturated carbocycles. The van der Waals surface area contributed by atoms with Gasteiger partial charge in [0.2, 0.25) is 0 Å². The third-order valence-electron chi connectivity index (χ3n) is 7.75. The Morgan fingerprint density at radius 1 is 1.14 bits per heavy atom. The number of carbonyl (C=O) groups is 1. The summed E-state index contributed by atoms with van der Waals surface area (Å²) in [5.74, 6) is -0.220. The molecular weight excluding hydrogens is 476 g/mol. The highest BCUT2D eigenvalue weighted by molar-refractivity contribution is 7.92. The molecule has 1 aromatic rings. The first kappa shape index (κ1) is 28.6. The Morgan fingerprint density at radius 2 is 1.89 bits per heavy atom. The van der Waals surface area contributed by atoms with E-state index in [4.69, 9.17) is 4.74 Å². The number of carbonyl (C=O) groups excluding carboxylic acids is 1. The van der Waals surface area contributed by atoms with Crippen molar-refractivity contribution >= 4 is 15.8 Å². The molecule has 0 amide bonds. The third-order valence-corrected chi connectivity index (χ3v) is 9.96. The predicted molar refractivity (Wildman–Crippen MR) is 141 cm³/mol. The monoisotopic (exact) mass is 518 g/mol. The second-order valence-corrected chi connectivity index (χ2v) is 12.4. The highest BCUT2D eigenvalue weighted by atomic mass is 32.2. The number of rotatable bonds is 14. The smallest absolute Gasteiger partial charge is 0.305 e. The fourth-order valence-corrected chi connectivity index (χ4v) is 7.68. The second-order valence-electron chi connectivity index (χ2n) is 10.3. The molecule has 0 bridgehead atoms. The fraction of sp³-hybridized carbons (Fsp3) is 0.621. The fourth-order valence-electron chi connectivity index (χ4n) is 5.77. The standard InChI is InChI=1S/C29H42O6S/c1-3-4-5-7-11-23(30)16-17-25-26-19-22(18-21(26)20-27(25)31)28(14-10-15-29(32)35-2)36(33,34)24-12-8-6-9-13-24/h6,8-9,12-13,16-18,21,23,25-28,30-31H,3-5,7,10-11,14-15,19-20H2,1-2H3/b17-16+/t21-,23-,25-,26-,27+,28?/m0/s1. The lowest BCUT2D eigenvalue weighted by molar-refractivity contribution is -0.140. The number of allylic oxidation sites excluding steroid dienone is 1. The SMILES string of the molecule is CCCCCC[C@H](O)/C=C/[C@H]1[C@H]2CC(C(CCCC(=O)OC)S(=O)(=O)c3ccccc3)=C[C@H]2C[C@H]1O. The molecule has 6 atom stereocenters. The quantitative estimate of drug-likeness (QED) is 0.204. The Bertz CT molecular complexity index is 1000. The van der Waals surface area contributed by atoms with E-state index < -0.39 is 27.3 Å². The van der Waals surface area contributed by atoms with E-state index >= 15 is 0 Å². The third kappa shape index (κ3) is 7.30. The van der Waals surface area contributed by atoms with Crippen LogP contribution in [0.5, 0.6) is 0 Å². The largest absolute Gasteiger partial charge is 0.469 e. The van der Waals surface area contributed by atoms with Gasteiger partial charge in [0.15, 0.2) is 9.84 Å². The number of benzene rings is 1. The maximum Gasteiger partial charge on any atom is 0.305 e. The lowest BCUT2D eigenvalue weighted by Gasteiger charge is -2.23. The molecule has 7 heteroatoms. The summed E-state index contributed by atoms with van der Waals surface area (Å²) in [6.07, 6.45) is 12.1. The zero-order valence-electron chi connectivity index (χ0n) is 21.6. The van der Waals surface area contributed by atoms with Gasteiger partial charge >= 0.3 is 5.97 Å². The van der Waals surface area contributed by atoms with E-state index in [0.29, 0.717) is 32.1 Å². The molecule has 0 saturated heterocycles. The Kier molecular flexibility index (Phi) is 10.8. The van der Waals surface area contributed by atoms with Crippen molar-refractivity contribution in [1.82, 2.24) is 0 Å². The normalized spacial score (nSPS) is 25.5. The zero-order valence-corrected chi connectivity index (χ0v) is 22.4. The summed E-state index contributed by atoms with van der Waals surface area (Å²) in [7, 11) is -2.30. The van der Waals surface area contributed by atoms with E-state index in [0.717, 1.165) is 24.8 Å². The number of aliphatic hydroxyl groups excluding tert-OH is 2. The molecule has 1 unspecified atom stereocenters. The van der Waals surface area contributed by atoms with Gasteiger partial charge in [0.1, 0.15) is 0 Å². The molecule has 1 fully saturated rings. The molecule has 0 radical (unpaired) electrons. The van der Waals surface area contributed by atoms with E-state index in [1.165, 1.54) is 13.5 Å². The number of aliphatic hydroxyl groups is 2. The van der Waals surface area contributed by atoms with E-state index in [-0.39, 0.29) is 35.0 Å². The van der Waals surface area contributed by atoms with Crippen LogP contribution in [0, 0.1) is 17.8 Å². The first-order valence-corrected chi connectivity index (χ1v) is 14.9. The molecule has 0 aliphatic heterocycles. The van der Waals surface area contributed by atoms with Gasteiger partial charge in [-0.3, -0.25) is 4.79 Å². The van der Waals surface area contributed by atoms with Crippen LogP contribution in [0.25, 0.3) is 0 Å². The van der Waals surface area contributed by atoms with Crippen molar-refractivity contribution in [3.8, 4) is 0 Å². The Morgan fingerprint density at radius 3 is 2.58 bits per heavy atom. The molecule has 0 spiro atoms. The number of fused-ring (bicyclic) bond motifs is 1. The lowest BCUT2D eigenvalue weighted by Crippen LogP contribution is -2.25. The topological polar surface area (TPSA) is 101 Å². The molecule has 36 heavy (non-hydrogen) atoms. The van der Waals surface area contributed by atoms with Gasteiger partial charge in [0.25, 0.3) is 0 Å². The molecule has 2 N–H and O–H groups in total. The van der Waals surface area contributed by atoms with E-state index in [9.17, 15) is 23.4 Å². The zero-order chi connectivity index (χ0) is 26.1. The van der Waals surface area contributed by atoms with E-state index in [1.54, 1.807) is 30.3 Å². The van der Waals surface area contributed by atoms with Crippen LogP contribution in [0.4, 0.5) is 0 Å².